The number of aromatic amines is 1. The molecule has 0 saturated heterocycles. The number of ether oxygens (including phenoxy) is 3. The lowest BCUT2D eigenvalue weighted by Gasteiger charge is -2.32. The molecule has 0 amide bonds. The highest BCUT2D eigenvalue weighted by atomic mass is 19.2. The number of rotatable bonds is 12. The van der Waals surface area contributed by atoms with Crippen molar-refractivity contribution in [3.8, 4) is 0 Å². The van der Waals surface area contributed by atoms with Crippen molar-refractivity contribution in [2.24, 2.45) is 0 Å². The zero-order valence-electron chi connectivity index (χ0n) is 16.8. The maximum absolute atomic E-state index is 15.1. The smallest absolute Gasteiger partial charge is 0.330 e. The van der Waals surface area contributed by atoms with E-state index in [-0.39, 0.29) is 12.8 Å². The summed E-state index contributed by atoms with van der Waals surface area (Å²) in [7, 11) is 0. The van der Waals surface area contributed by atoms with Crippen molar-refractivity contribution in [2.45, 2.75) is 58.0 Å². The Hall–Kier alpha value is -2.12. The molecule has 0 radical (unpaired) electrons. The van der Waals surface area contributed by atoms with Gasteiger partial charge in [0.2, 0.25) is 0 Å². The van der Waals surface area contributed by atoms with E-state index in [9.17, 15) is 24.6 Å². The number of aliphatic hydroxyl groups excluding tert-OH is 2. The van der Waals surface area contributed by atoms with Crippen molar-refractivity contribution < 1.29 is 33.6 Å². The molecular weight excluding hydrogens is 393 g/mol. The molecule has 0 aromatic carbocycles. The average molecular weight is 421 g/mol. The SMILES string of the molecule is CC(C)OC(=O)C(C)NCOC[C@@](F)(O[C@H](CO)n1ccc(=O)[nH]c1=O)[C@H](C)O. The van der Waals surface area contributed by atoms with Gasteiger partial charge in [-0.3, -0.25) is 24.5 Å². The Labute approximate surface area is 166 Å². The van der Waals surface area contributed by atoms with Gasteiger partial charge in [-0.1, -0.05) is 0 Å². The number of aliphatic hydroxyl groups is 2. The van der Waals surface area contributed by atoms with E-state index >= 15 is 4.39 Å². The molecule has 0 spiro atoms. The van der Waals surface area contributed by atoms with Gasteiger partial charge in [0.05, 0.1) is 19.4 Å². The molecule has 1 heterocycles. The summed E-state index contributed by atoms with van der Waals surface area (Å²) in [6, 6.07) is 0.275. The van der Waals surface area contributed by atoms with Gasteiger partial charge in [-0.25, -0.2) is 9.18 Å². The minimum absolute atomic E-state index is 0.265. The zero-order valence-corrected chi connectivity index (χ0v) is 16.8. The molecule has 4 N–H and O–H groups in total. The van der Waals surface area contributed by atoms with Crippen LogP contribution in [0.15, 0.2) is 21.9 Å². The van der Waals surface area contributed by atoms with Crippen LogP contribution in [0.2, 0.25) is 0 Å². The van der Waals surface area contributed by atoms with Gasteiger partial charge in [0.1, 0.15) is 18.8 Å². The number of esters is 1. The monoisotopic (exact) mass is 421 g/mol. The number of hydrogen-bond acceptors (Lipinski definition) is 9. The normalized spacial score (nSPS) is 16.8. The van der Waals surface area contributed by atoms with Crippen LogP contribution < -0.4 is 16.6 Å². The first kappa shape index (κ1) is 24.9. The maximum atomic E-state index is 15.1. The molecule has 0 aliphatic carbocycles. The molecule has 4 atom stereocenters. The highest BCUT2D eigenvalue weighted by molar-refractivity contribution is 5.75. The number of carbonyl (C=O) groups excluding carboxylic acids is 1. The number of hydrogen-bond donors (Lipinski definition) is 4. The summed E-state index contributed by atoms with van der Waals surface area (Å²) in [6.45, 7) is 4.17. The molecule has 0 aliphatic rings. The van der Waals surface area contributed by atoms with Gasteiger partial charge in [-0.2, -0.15) is 0 Å². The minimum Gasteiger partial charge on any atom is -0.462 e. The minimum atomic E-state index is -2.80. The summed E-state index contributed by atoms with van der Waals surface area (Å²) in [5.41, 5.74) is -1.60. The predicted molar refractivity (Wildman–Crippen MR) is 98.7 cm³/mol. The highest BCUT2D eigenvalue weighted by Gasteiger charge is 2.40. The first-order valence-electron chi connectivity index (χ1n) is 8.99. The Kier molecular flexibility index (Phi) is 9.59. The van der Waals surface area contributed by atoms with Gasteiger partial charge < -0.3 is 24.4 Å². The highest BCUT2D eigenvalue weighted by Crippen LogP contribution is 2.24. The molecule has 1 rings (SSSR count). The molecular formula is C17H28FN3O8. The number of carbonyl (C=O) groups is 1. The third-order valence-corrected chi connectivity index (χ3v) is 3.77. The van der Waals surface area contributed by atoms with E-state index in [1.807, 2.05) is 4.98 Å². The average Bonchev–Trinajstić information content (AvgIpc) is 2.62. The van der Waals surface area contributed by atoms with Gasteiger partial charge >= 0.3 is 11.7 Å². The Morgan fingerprint density at radius 3 is 2.52 bits per heavy atom. The second kappa shape index (κ2) is 11.2. The third kappa shape index (κ3) is 7.66. The Balaban J connectivity index is 2.72. The third-order valence-electron chi connectivity index (χ3n) is 3.77. The summed E-state index contributed by atoms with van der Waals surface area (Å²) >= 11 is 0. The van der Waals surface area contributed by atoms with E-state index in [1.165, 1.54) is 6.92 Å². The fourth-order valence-corrected chi connectivity index (χ4v) is 2.11. The van der Waals surface area contributed by atoms with E-state index in [1.54, 1.807) is 13.8 Å². The lowest BCUT2D eigenvalue weighted by Crippen LogP contribution is -2.48. The summed E-state index contributed by atoms with van der Waals surface area (Å²) in [5, 5.41) is 21.9. The van der Waals surface area contributed by atoms with Crippen molar-refractivity contribution >= 4 is 5.97 Å². The quantitative estimate of drug-likeness (QED) is 0.189. The van der Waals surface area contributed by atoms with Gasteiger partial charge in [-0.05, 0) is 27.7 Å². The zero-order chi connectivity index (χ0) is 22.2. The number of halogens is 1. The van der Waals surface area contributed by atoms with Crippen molar-refractivity contribution in [2.75, 3.05) is 19.9 Å². The van der Waals surface area contributed by atoms with Crippen LogP contribution in [0.3, 0.4) is 0 Å². The standard InChI is InChI=1S/C17H28FN3O8/c1-10(2)28-15(25)11(3)19-9-27-8-17(18,12(4)23)29-14(7-22)21-6-5-13(24)20-16(21)26/h5-6,10-12,14,19,22-23H,7-9H2,1-4H3,(H,20,24,26)/t11?,12-,14+,17+/m0/s1. The molecule has 12 heteroatoms. The molecule has 0 bridgehead atoms. The number of nitrogens with one attached hydrogen (secondary N) is 2. The number of H-pyrrole nitrogens is 1. The van der Waals surface area contributed by atoms with Gasteiger partial charge in [0.25, 0.3) is 11.4 Å². The number of alkyl halides is 1. The van der Waals surface area contributed by atoms with E-state index in [2.05, 4.69) is 5.32 Å². The first-order valence-corrected chi connectivity index (χ1v) is 8.99. The lowest BCUT2D eigenvalue weighted by molar-refractivity contribution is -0.273. The second-order valence-corrected chi connectivity index (χ2v) is 6.64. The molecule has 1 aromatic heterocycles. The molecule has 1 aromatic rings. The van der Waals surface area contributed by atoms with Crippen LogP contribution in [0, 0.1) is 0 Å². The Morgan fingerprint density at radius 1 is 1.34 bits per heavy atom. The van der Waals surface area contributed by atoms with E-state index in [0.29, 0.717) is 0 Å². The fraction of sp³-hybridized carbons (Fsp3) is 0.706. The molecule has 0 fully saturated rings. The van der Waals surface area contributed by atoms with Crippen LogP contribution in [-0.4, -0.2) is 69.8 Å². The number of nitrogens with zero attached hydrogens (tertiary/aromatic N) is 1. The van der Waals surface area contributed by atoms with Gasteiger partial charge in [-0.15, -0.1) is 0 Å². The molecule has 0 saturated carbocycles. The molecule has 29 heavy (non-hydrogen) atoms. The summed E-state index contributed by atoms with van der Waals surface area (Å²) in [6.07, 6.45) is -2.50. The van der Waals surface area contributed by atoms with E-state index in [4.69, 9.17) is 14.2 Å². The number of aromatic nitrogens is 2. The van der Waals surface area contributed by atoms with Crippen LogP contribution in [0.5, 0.6) is 0 Å². The van der Waals surface area contributed by atoms with Gasteiger partial charge in [0, 0.05) is 12.3 Å². The lowest BCUT2D eigenvalue weighted by atomic mass is 10.2. The van der Waals surface area contributed by atoms with Crippen LogP contribution in [-0.2, 0) is 19.0 Å². The van der Waals surface area contributed by atoms with Crippen molar-refractivity contribution in [1.82, 2.24) is 14.9 Å². The second-order valence-electron chi connectivity index (χ2n) is 6.64. The first-order chi connectivity index (χ1) is 13.5. The van der Waals surface area contributed by atoms with E-state index < -0.39 is 54.7 Å². The van der Waals surface area contributed by atoms with Crippen molar-refractivity contribution in [3.05, 3.63) is 33.1 Å². The molecule has 166 valence electrons. The fourth-order valence-electron chi connectivity index (χ4n) is 2.11. The predicted octanol–water partition coefficient (Wildman–Crippen LogP) is -1.01. The largest absolute Gasteiger partial charge is 0.462 e. The van der Waals surface area contributed by atoms with Gasteiger partial charge in [0.15, 0.2) is 6.23 Å². The van der Waals surface area contributed by atoms with E-state index in [0.717, 1.165) is 23.8 Å². The maximum Gasteiger partial charge on any atom is 0.330 e. The molecule has 11 nitrogen and oxygen atoms in total. The molecule has 1 unspecified atom stereocenters. The summed E-state index contributed by atoms with van der Waals surface area (Å²) in [5.74, 6) is -3.31. The van der Waals surface area contributed by atoms with Crippen LogP contribution in [0.4, 0.5) is 4.39 Å². The summed E-state index contributed by atoms with van der Waals surface area (Å²) in [4.78, 5) is 36.6. The summed E-state index contributed by atoms with van der Waals surface area (Å²) < 4.78 is 31.1. The van der Waals surface area contributed by atoms with Crippen LogP contribution in [0.1, 0.15) is 33.9 Å². The van der Waals surface area contributed by atoms with Crippen molar-refractivity contribution in [3.63, 3.8) is 0 Å². The van der Waals surface area contributed by atoms with Crippen LogP contribution in [0.25, 0.3) is 0 Å². The Morgan fingerprint density at radius 2 is 2.00 bits per heavy atom. The Bertz CT molecular complexity index is 766. The topological polar surface area (TPSA) is 152 Å². The van der Waals surface area contributed by atoms with Crippen molar-refractivity contribution in [1.29, 1.82) is 0 Å². The molecule has 0 aliphatic heterocycles. The van der Waals surface area contributed by atoms with Crippen LogP contribution >= 0.6 is 0 Å².